The normalized spacial score (nSPS) is 36.3. The summed E-state index contributed by atoms with van der Waals surface area (Å²) in [5, 5.41) is 58.3. The molecule has 2 aromatic rings. The van der Waals surface area contributed by atoms with Crippen LogP contribution < -0.4 is 0 Å². The van der Waals surface area contributed by atoms with Crippen LogP contribution in [-0.2, 0) is 159 Å². The van der Waals surface area contributed by atoms with E-state index in [1.54, 1.807) is 103 Å². The molecule has 29 nitrogen and oxygen atoms in total. The molecule has 6 fully saturated rings. The zero-order chi connectivity index (χ0) is 110. The number of ether oxygens (including phenoxy) is 11. The molecule has 6 aliphatic heterocycles. The predicted octanol–water partition coefficient (Wildman–Crippen LogP) is 18.6. The van der Waals surface area contributed by atoms with Gasteiger partial charge < -0.3 is 87.4 Å². The first kappa shape index (κ1) is 133. The Morgan fingerprint density at radius 1 is 0.460 bits per heavy atom. The van der Waals surface area contributed by atoms with Gasteiger partial charge in [0.15, 0.2) is 11.6 Å². The number of aliphatic hydroxyl groups is 5. The number of aliphatic hydroxyl groups excluding tert-OH is 3. The van der Waals surface area contributed by atoms with Gasteiger partial charge in [-0.15, -0.1) is 0 Å². The number of ketones is 6. The Labute approximate surface area is 943 Å². The van der Waals surface area contributed by atoms with Crippen molar-refractivity contribution in [2.75, 3.05) is 55.7 Å². The minimum atomic E-state index is -2.43. The standard InChI is InChI=1S/C58H84BrNO13.C51H79NO13.C7H6Br2.2Ag.O/c1-35-17-12-11-13-18-36(2)49(68-8)32-45-24-22-41(7)58(67,73-45)55(64)56(65)60-26-15-14-21-46(60)57(66)72-50(33-47(61)37(3)28-40(6)53(63)54(70-10)52(62)39(5)27-35)38(4)29-42-23-25-48(51(31-42)69-9)71-34-43-19-16-20-44(59)30-43;1-30-16-12-11-13-17-31(2)42(61-8)28-38-21-19-36(7)51(60,65-38)48(57)49(58)52-23-15-14-18-39(52)50(59)64-43(33(4)26-37-20-22-40(53)44(27-37)62-9)29-41(54)32(3)25-35(6)46(56)47(63-10)45(55)34(5)24-30;8-5-6-2-1-3-7(9)4-6;;;/h11-13,16-20,28,30,35,37-39,41-42,45-46,48-51,53-54,63,67H,14-15,21-27,29,31-34H2,1-10H3;11-13,16-17,25,30,32-34,36-40,42-44,46-47,53,56,60H,14-15,18-24,26-29H2,1-10H3;1-4H,5H2;;;/b13-11+,17-12+,36-18+,40-28+;13-11+,16-12+,31-17+,35-25+;;;;/t35-,37-,38-,39-,41-,42+,45+,46+,48-,49+,50+,51-,53-,54+,58-;30-,32-,33-,34-,36-,37+,38+,39+,40-,42+,43+,44-,46-,47+,51-;;;;/m11..../s1. The number of esters is 2. The monoisotopic (exact) mass is 2470 g/mol. The number of hydrogen-bond donors (Lipinski definition) is 5. The molecule has 5 N–H and O–H groups in total. The quantitative estimate of drug-likeness (QED) is 0.0342. The van der Waals surface area contributed by atoms with Gasteiger partial charge in [0.25, 0.3) is 23.4 Å². The average Bonchev–Trinajstić information content (AvgIpc) is 0.772. The number of cyclic esters (lactones) is 2. The molecule has 34 heteroatoms. The first-order valence-corrected chi connectivity index (χ1v) is 56.5. The van der Waals surface area contributed by atoms with Crippen molar-refractivity contribution in [1.29, 1.82) is 0 Å². The van der Waals surface area contributed by atoms with E-state index in [2.05, 4.69) is 59.9 Å². The summed E-state index contributed by atoms with van der Waals surface area (Å²) >= 11 is 12.0. The van der Waals surface area contributed by atoms with E-state index in [9.17, 15) is 73.5 Å². The number of methoxy groups -OCH3 is 6. The summed E-state index contributed by atoms with van der Waals surface area (Å²) in [6.07, 6.45) is 23.5. The maximum atomic E-state index is 14.6. The van der Waals surface area contributed by atoms with Crippen molar-refractivity contribution < 1.29 is 172 Å². The van der Waals surface area contributed by atoms with Crippen molar-refractivity contribution in [1.82, 2.24) is 9.80 Å². The van der Waals surface area contributed by atoms with Crippen LogP contribution in [0.2, 0.25) is 0 Å². The average molecular weight is 2480 g/mol. The first-order valence-electron chi connectivity index (χ1n) is 53.2. The summed E-state index contributed by atoms with van der Waals surface area (Å²) in [7, 11) is 9.17. The van der Waals surface area contributed by atoms with Crippen LogP contribution in [0.3, 0.4) is 0 Å². The van der Waals surface area contributed by atoms with Crippen LogP contribution in [0.1, 0.15) is 262 Å². The van der Waals surface area contributed by atoms with Crippen LogP contribution >= 0.6 is 47.8 Å². The van der Waals surface area contributed by atoms with Gasteiger partial charge in [0.05, 0.1) is 55.4 Å². The van der Waals surface area contributed by atoms with Crippen molar-refractivity contribution in [3.05, 3.63) is 164 Å². The fourth-order valence-corrected chi connectivity index (χ4v) is 23.1. The second kappa shape index (κ2) is 66.3. The number of alkyl halides is 1. The fourth-order valence-electron chi connectivity index (χ4n) is 21.9. The third-order valence-electron chi connectivity index (χ3n) is 31.3. The van der Waals surface area contributed by atoms with E-state index in [0.29, 0.717) is 127 Å². The Hall–Kier alpha value is -5.58. The number of hydrogen-bond acceptors (Lipinski definition) is 27. The third-order valence-corrected chi connectivity index (χ3v) is 33.0. The molecule has 2 aliphatic carbocycles. The molecule has 2 amide bonds. The predicted molar refractivity (Wildman–Crippen MR) is 574 cm³/mol. The SMILES string of the molecule is BrCc1cccc(Br)c1.CO[C@H]1C[C@@H]2CC[C@@H](C)[C@@](O)(O2)C(=O)C(=O)N2CCCC[C@H]2C(=O)O[C@H]([C@H](C)C[C@@H]2CC[C@@H](O)[C@H](OC)C2)CC(=O)[C@H](C)/C=C(\C)[C@@H](O)[C@@H](OC)C(=O)[C@H](C)C[C@H](C)/C=C/C=C/C=C/1C.CO[C@H]1C[C@@H]2CC[C@@H](C)[C@@](O)(O2)C(=O)C(=O)N2CCCC[C@H]2C(=O)O[C@H]([C@H](C)C[C@@H]2CC[C@@H](OCc3cccc(Br)c3)[C@H](OC)C2)CC(=O)[C@H](C)/C=C(\C)[C@@H](O)[C@@H](OC)C(=O)[C@H](C)C[C@H](C)/C=C/C=C/C=C/1C.[Ag].[O]=[Ag]. The van der Waals surface area contributed by atoms with Crippen LogP contribution in [0.25, 0.3) is 0 Å². The summed E-state index contributed by atoms with van der Waals surface area (Å²) in [6.45, 7) is 26.0. The summed E-state index contributed by atoms with van der Waals surface area (Å²) < 4.78 is 75.9. The molecule has 150 heavy (non-hydrogen) atoms. The number of allylic oxidation sites excluding steroid dienone is 12. The van der Waals surface area contributed by atoms with Crippen molar-refractivity contribution in [2.24, 2.45) is 71.0 Å². The summed E-state index contributed by atoms with van der Waals surface area (Å²) in [6, 6.07) is 13.9. The zero-order valence-corrected chi connectivity index (χ0v) is 99.1. The van der Waals surface area contributed by atoms with Crippen molar-refractivity contribution in [2.45, 2.75) is 372 Å². The van der Waals surface area contributed by atoms with Crippen molar-refractivity contribution in [3.63, 3.8) is 0 Å². The molecule has 0 spiro atoms. The Morgan fingerprint density at radius 2 is 0.860 bits per heavy atom. The molecule has 10 rings (SSSR count). The molecule has 0 aromatic heterocycles. The topological polar surface area (TPSA) is 397 Å². The molecule has 0 unspecified atom stereocenters. The number of rotatable bonds is 16. The number of carbonyl (C=O) groups excluding carboxylic acids is 10. The molecular formula is C116H169Ag2Br3N2O27. The zero-order valence-electron chi connectivity index (χ0n) is 91.4. The second-order valence-electron chi connectivity index (χ2n) is 42.9. The van der Waals surface area contributed by atoms with Gasteiger partial charge in [-0.25, -0.2) is 9.59 Å². The van der Waals surface area contributed by atoms with Gasteiger partial charge in [-0.05, 0) is 249 Å². The van der Waals surface area contributed by atoms with Gasteiger partial charge in [-0.1, -0.05) is 214 Å². The Bertz CT molecular complexity index is 4930. The number of halogens is 3. The minimum absolute atomic E-state index is 0. The van der Waals surface area contributed by atoms with Crippen LogP contribution in [-0.4, -0.2) is 259 Å². The van der Waals surface area contributed by atoms with Gasteiger partial charge in [0.2, 0.25) is 11.6 Å². The van der Waals surface area contributed by atoms with Gasteiger partial charge in [-0.2, -0.15) is 0 Å². The fraction of sp³-hybridized carbons (Fsp3) is 0.672. The first-order chi connectivity index (χ1) is 70.8. The number of piperidine rings is 2. The number of amides is 2. The number of fused-ring (bicyclic) bond motifs is 6. The van der Waals surface area contributed by atoms with Crippen LogP contribution in [0, 0.1) is 71.0 Å². The third kappa shape index (κ3) is 39.2. The Balaban J connectivity index is 0.000000414. The van der Waals surface area contributed by atoms with Crippen LogP contribution in [0.4, 0.5) is 0 Å². The number of nitrogens with zero attached hydrogens (tertiary/aromatic N) is 2. The van der Waals surface area contributed by atoms with E-state index in [1.807, 2.05) is 153 Å². The number of carbonyl (C=O) groups is 10. The van der Waals surface area contributed by atoms with Gasteiger partial charge in [0.1, 0.15) is 60.3 Å². The second-order valence-corrected chi connectivity index (χ2v) is 45.2. The van der Waals surface area contributed by atoms with Gasteiger partial charge in [0, 0.05) is 154 Å². The molecule has 4 saturated heterocycles. The molecule has 2 saturated carbocycles. The van der Waals surface area contributed by atoms with E-state index in [0.717, 1.165) is 50.2 Å². The molecule has 30 atom stereocenters. The van der Waals surface area contributed by atoms with E-state index in [4.69, 9.17) is 55.4 Å². The number of benzene rings is 2. The molecule has 1 radical (unpaired) electrons. The molecule has 2 aromatic carbocycles. The van der Waals surface area contributed by atoms with E-state index in [1.165, 1.54) is 29.6 Å². The van der Waals surface area contributed by atoms with E-state index >= 15 is 0 Å². The summed E-state index contributed by atoms with van der Waals surface area (Å²) in [5.41, 5.74) is 4.89. The van der Waals surface area contributed by atoms with Gasteiger partial charge >= 0.3 is 36.2 Å². The maximum absolute atomic E-state index is 14.6. The van der Waals surface area contributed by atoms with Crippen LogP contribution in [0.5, 0.6) is 0 Å². The Kier molecular flexibility index (Phi) is 58.8. The van der Waals surface area contributed by atoms with Crippen LogP contribution in [0.15, 0.2) is 153 Å². The van der Waals surface area contributed by atoms with E-state index < -0.39 is 162 Å². The molecule has 6 heterocycles. The van der Waals surface area contributed by atoms with Crippen molar-refractivity contribution in [3.8, 4) is 0 Å². The van der Waals surface area contributed by atoms with E-state index in [-0.39, 0.29) is 138 Å². The summed E-state index contributed by atoms with van der Waals surface area (Å²) in [4.78, 5) is 144. The van der Waals surface area contributed by atoms with Gasteiger partial charge in [-0.3, -0.25) is 38.4 Å². The molecular weight excluding hydrogens is 2310 g/mol. The van der Waals surface area contributed by atoms with Crippen molar-refractivity contribution >= 4 is 106 Å². The Morgan fingerprint density at radius 3 is 1.25 bits per heavy atom. The molecule has 8 aliphatic rings. The summed E-state index contributed by atoms with van der Waals surface area (Å²) in [5.74, 6) is -15.8. The molecule has 4 bridgehead atoms. The number of Topliss-reactive ketones (excluding diaryl/α,β-unsaturated/α-hetero) is 6. The molecule has 848 valence electrons.